The topological polar surface area (TPSA) is 55.9 Å². The van der Waals surface area contributed by atoms with Crippen molar-refractivity contribution < 1.29 is 0 Å². The molecule has 1 heterocycles. The van der Waals surface area contributed by atoms with Gasteiger partial charge in [-0.1, -0.05) is 12.2 Å². The number of thiocarbonyl (C=S) groups is 1. The van der Waals surface area contributed by atoms with Crippen molar-refractivity contribution >= 4 is 28.7 Å². The Kier molecular flexibility index (Phi) is 3.10. The minimum atomic E-state index is 0.410. The number of aryl methyl sites for hydroxylation is 2. The van der Waals surface area contributed by atoms with Gasteiger partial charge in [-0.25, -0.2) is 0 Å². The summed E-state index contributed by atoms with van der Waals surface area (Å²) in [5, 5.41) is 7.54. The summed E-state index contributed by atoms with van der Waals surface area (Å²) in [6, 6.07) is 9.66. The number of anilines is 2. The van der Waals surface area contributed by atoms with E-state index in [-0.39, 0.29) is 0 Å². The maximum Gasteiger partial charge on any atom is 0.128 e. The zero-order chi connectivity index (χ0) is 12.4. The van der Waals surface area contributed by atoms with Crippen LogP contribution in [-0.2, 0) is 7.05 Å². The number of nitrogens with zero attached hydrogens (tertiary/aromatic N) is 2. The molecule has 5 heteroatoms. The summed E-state index contributed by atoms with van der Waals surface area (Å²) in [7, 11) is 1.90. The summed E-state index contributed by atoms with van der Waals surface area (Å²) in [6.07, 6.45) is 0. The van der Waals surface area contributed by atoms with Crippen LogP contribution in [0, 0.1) is 6.92 Å². The fourth-order valence-electron chi connectivity index (χ4n) is 1.59. The average molecular weight is 246 g/mol. The molecule has 0 saturated carbocycles. The lowest BCUT2D eigenvalue weighted by Gasteiger charge is -2.06. The van der Waals surface area contributed by atoms with Gasteiger partial charge in [0.1, 0.15) is 10.8 Å². The van der Waals surface area contributed by atoms with Crippen LogP contribution >= 0.6 is 12.2 Å². The van der Waals surface area contributed by atoms with E-state index in [1.807, 2.05) is 44.3 Å². The molecule has 0 spiro atoms. The first kappa shape index (κ1) is 11.6. The predicted octanol–water partition coefficient (Wildman–Crippen LogP) is 2.11. The van der Waals surface area contributed by atoms with Crippen LogP contribution in [0.5, 0.6) is 0 Å². The Morgan fingerprint density at radius 1 is 1.35 bits per heavy atom. The largest absolute Gasteiger partial charge is 0.389 e. The van der Waals surface area contributed by atoms with Crippen molar-refractivity contribution in [2.45, 2.75) is 6.92 Å². The SMILES string of the molecule is Cc1cc(Nc2ccc(C(N)=S)cc2)n(C)n1. The molecular weight excluding hydrogens is 232 g/mol. The van der Waals surface area contributed by atoms with Gasteiger partial charge >= 0.3 is 0 Å². The molecule has 1 aromatic heterocycles. The van der Waals surface area contributed by atoms with Gasteiger partial charge in [-0.2, -0.15) is 5.10 Å². The van der Waals surface area contributed by atoms with E-state index in [9.17, 15) is 0 Å². The van der Waals surface area contributed by atoms with E-state index in [1.54, 1.807) is 4.68 Å². The highest BCUT2D eigenvalue weighted by molar-refractivity contribution is 7.80. The highest BCUT2D eigenvalue weighted by atomic mass is 32.1. The number of nitrogens with two attached hydrogens (primary N) is 1. The third-order valence-corrected chi connectivity index (χ3v) is 2.68. The van der Waals surface area contributed by atoms with Gasteiger partial charge in [0.2, 0.25) is 0 Å². The van der Waals surface area contributed by atoms with Gasteiger partial charge < -0.3 is 11.1 Å². The van der Waals surface area contributed by atoms with Crippen LogP contribution in [0.4, 0.5) is 11.5 Å². The molecule has 4 nitrogen and oxygen atoms in total. The van der Waals surface area contributed by atoms with Crippen molar-refractivity contribution in [3.8, 4) is 0 Å². The molecule has 2 rings (SSSR count). The first-order valence-corrected chi connectivity index (χ1v) is 5.64. The molecule has 2 aromatic rings. The first-order chi connectivity index (χ1) is 8.06. The van der Waals surface area contributed by atoms with E-state index in [2.05, 4.69) is 10.4 Å². The Bertz CT molecular complexity index is 542. The molecular formula is C12H14N4S. The molecule has 0 fully saturated rings. The molecule has 0 unspecified atom stereocenters. The van der Waals surface area contributed by atoms with Gasteiger partial charge in [-0.05, 0) is 31.2 Å². The average Bonchev–Trinajstić information content (AvgIpc) is 2.58. The molecule has 0 bridgehead atoms. The zero-order valence-corrected chi connectivity index (χ0v) is 10.6. The summed E-state index contributed by atoms with van der Waals surface area (Å²) >= 11 is 4.90. The van der Waals surface area contributed by atoms with Crippen LogP contribution in [0.1, 0.15) is 11.3 Å². The van der Waals surface area contributed by atoms with Gasteiger partial charge in [0.05, 0.1) is 5.69 Å². The van der Waals surface area contributed by atoms with Gasteiger partial charge in [-0.3, -0.25) is 4.68 Å². The highest BCUT2D eigenvalue weighted by Gasteiger charge is 2.02. The fourth-order valence-corrected chi connectivity index (χ4v) is 1.73. The van der Waals surface area contributed by atoms with E-state index in [4.69, 9.17) is 18.0 Å². The third kappa shape index (κ3) is 2.62. The molecule has 0 amide bonds. The Balaban J connectivity index is 2.19. The second-order valence-electron chi connectivity index (χ2n) is 3.86. The Labute approximate surface area is 105 Å². The van der Waals surface area contributed by atoms with E-state index in [1.165, 1.54) is 0 Å². The Morgan fingerprint density at radius 2 is 2.00 bits per heavy atom. The van der Waals surface area contributed by atoms with E-state index >= 15 is 0 Å². The highest BCUT2D eigenvalue weighted by Crippen LogP contribution is 2.17. The van der Waals surface area contributed by atoms with Crippen LogP contribution in [-0.4, -0.2) is 14.8 Å². The molecule has 0 aliphatic rings. The van der Waals surface area contributed by atoms with Crippen LogP contribution in [0.15, 0.2) is 30.3 Å². The van der Waals surface area contributed by atoms with Crippen LogP contribution < -0.4 is 11.1 Å². The fraction of sp³-hybridized carbons (Fsp3) is 0.167. The molecule has 3 N–H and O–H groups in total. The van der Waals surface area contributed by atoms with E-state index < -0.39 is 0 Å². The van der Waals surface area contributed by atoms with Crippen molar-refractivity contribution in [3.63, 3.8) is 0 Å². The van der Waals surface area contributed by atoms with Crippen molar-refractivity contribution in [3.05, 3.63) is 41.6 Å². The number of rotatable bonds is 3. The maximum absolute atomic E-state index is 5.54. The smallest absolute Gasteiger partial charge is 0.128 e. The number of hydrogen-bond acceptors (Lipinski definition) is 3. The molecule has 0 saturated heterocycles. The van der Waals surface area contributed by atoms with Crippen LogP contribution in [0.3, 0.4) is 0 Å². The summed E-state index contributed by atoms with van der Waals surface area (Å²) in [4.78, 5) is 0.410. The van der Waals surface area contributed by atoms with Gasteiger partial charge in [0.15, 0.2) is 0 Å². The molecule has 88 valence electrons. The van der Waals surface area contributed by atoms with Crippen molar-refractivity contribution in [1.82, 2.24) is 9.78 Å². The van der Waals surface area contributed by atoms with Crippen molar-refractivity contribution in [2.75, 3.05) is 5.32 Å². The monoisotopic (exact) mass is 246 g/mol. The lowest BCUT2D eigenvalue weighted by molar-refractivity contribution is 0.765. The standard InChI is InChI=1S/C12H14N4S/c1-8-7-11(16(2)15-8)14-10-5-3-9(4-6-10)12(13)17/h3-7,14H,1-2H3,(H2,13,17). The Hall–Kier alpha value is -1.88. The molecule has 1 aromatic carbocycles. The van der Waals surface area contributed by atoms with E-state index in [0.717, 1.165) is 22.8 Å². The van der Waals surface area contributed by atoms with Gasteiger partial charge in [0.25, 0.3) is 0 Å². The Morgan fingerprint density at radius 3 is 2.47 bits per heavy atom. The van der Waals surface area contributed by atoms with Gasteiger partial charge in [0, 0.05) is 24.4 Å². The molecule has 17 heavy (non-hydrogen) atoms. The van der Waals surface area contributed by atoms with Crippen molar-refractivity contribution in [2.24, 2.45) is 12.8 Å². The van der Waals surface area contributed by atoms with Crippen LogP contribution in [0.2, 0.25) is 0 Å². The number of nitrogens with one attached hydrogen (secondary N) is 1. The molecule has 0 aliphatic heterocycles. The molecule has 0 radical (unpaired) electrons. The summed E-state index contributed by atoms with van der Waals surface area (Å²) in [5.74, 6) is 0.950. The third-order valence-electron chi connectivity index (χ3n) is 2.44. The van der Waals surface area contributed by atoms with Crippen LogP contribution in [0.25, 0.3) is 0 Å². The van der Waals surface area contributed by atoms with Crippen molar-refractivity contribution in [1.29, 1.82) is 0 Å². The van der Waals surface area contributed by atoms with Gasteiger partial charge in [-0.15, -0.1) is 0 Å². The normalized spacial score (nSPS) is 10.2. The zero-order valence-electron chi connectivity index (χ0n) is 9.77. The molecule has 0 aliphatic carbocycles. The lowest BCUT2D eigenvalue weighted by atomic mass is 10.2. The minimum absolute atomic E-state index is 0.410. The summed E-state index contributed by atoms with van der Waals surface area (Å²) in [6.45, 7) is 1.96. The predicted molar refractivity (Wildman–Crippen MR) is 73.6 cm³/mol. The second kappa shape index (κ2) is 4.55. The second-order valence-corrected chi connectivity index (χ2v) is 4.30. The number of aromatic nitrogens is 2. The quantitative estimate of drug-likeness (QED) is 0.814. The van der Waals surface area contributed by atoms with E-state index in [0.29, 0.717) is 4.99 Å². The molecule has 0 atom stereocenters. The number of benzene rings is 1. The minimum Gasteiger partial charge on any atom is -0.389 e. The number of hydrogen-bond donors (Lipinski definition) is 2. The lowest BCUT2D eigenvalue weighted by Crippen LogP contribution is -2.09. The summed E-state index contributed by atoms with van der Waals surface area (Å²) in [5.41, 5.74) is 8.37. The summed E-state index contributed by atoms with van der Waals surface area (Å²) < 4.78 is 1.80. The maximum atomic E-state index is 5.54. The first-order valence-electron chi connectivity index (χ1n) is 5.24.